The van der Waals surface area contributed by atoms with Gasteiger partial charge in [-0.25, -0.2) is 0 Å². The van der Waals surface area contributed by atoms with Crippen LogP contribution >= 0.6 is 43.5 Å². The van der Waals surface area contributed by atoms with Gasteiger partial charge in [0, 0.05) is 10.2 Å². The molecule has 0 saturated heterocycles. The summed E-state index contributed by atoms with van der Waals surface area (Å²) in [6, 6.07) is 5.26. The average Bonchev–Trinajstić information content (AvgIpc) is 2.11. The van der Waals surface area contributed by atoms with E-state index in [4.69, 9.17) is 11.6 Å². The molecule has 0 bridgehead atoms. The number of amides is 1. The largest absolute Gasteiger partial charge is 0.325 e. The van der Waals surface area contributed by atoms with E-state index < -0.39 is 0 Å². The quantitative estimate of drug-likeness (QED) is 0.814. The molecule has 2 nitrogen and oxygen atoms in total. The van der Waals surface area contributed by atoms with Gasteiger partial charge in [-0.05, 0) is 41.1 Å². The molecule has 0 aliphatic heterocycles. The Kier molecular flexibility index (Phi) is 4.41. The van der Waals surface area contributed by atoms with Crippen LogP contribution in [-0.4, -0.2) is 10.7 Å². The topological polar surface area (TPSA) is 29.1 Å². The van der Waals surface area contributed by atoms with Gasteiger partial charge in [0.25, 0.3) is 0 Å². The molecule has 0 spiro atoms. The smallest absolute Gasteiger partial charge is 0.237 e. The predicted molar refractivity (Wildman–Crippen MR) is 66.2 cm³/mol. The zero-order valence-corrected chi connectivity index (χ0v) is 11.3. The number of halogens is 3. The van der Waals surface area contributed by atoms with E-state index in [0.717, 1.165) is 4.47 Å². The van der Waals surface area contributed by atoms with Gasteiger partial charge in [0.05, 0.1) is 9.85 Å². The Morgan fingerprint density at radius 2 is 2.21 bits per heavy atom. The van der Waals surface area contributed by atoms with E-state index in [2.05, 4.69) is 37.2 Å². The molecule has 1 atom stereocenters. The zero-order valence-electron chi connectivity index (χ0n) is 7.35. The number of anilines is 1. The molecule has 5 heteroatoms. The summed E-state index contributed by atoms with van der Waals surface area (Å²) < 4.78 is 0.809. The van der Waals surface area contributed by atoms with E-state index in [0.29, 0.717) is 10.7 Å². The van der Waals surface area contributed by atoms with Crippen LogP contribution in [0, 0.1) is 0 Å². The van der Waals surface area contributed by atoms with Crippen molar-refractivity contribution in [2.24, 2.45) is 0 Å². The lowest BCUT2D eigenvalue weighted by molar-refractivity contribution is -0.115. The third kappa shape index (κ3) is 3.26. The predicted octanol–water partition coefficient (Wildman–Crippen LogP) is 3.82. The molecule has 1 aromatic carbocycles. The molecular formula is C9H8Br2ClNO. The maximum absolute atomic E-state index is 11.3. The van der Waals surface area contributed by atoms with Gasteiger partial charge in [-0.1, -0.05) is 27.5 Å². The minimum Gasteiger partial charge on any atom is -0.325 e. The van der Waals surface area contributed by atoms with E-state index in [-0.39, 0.29) is 10.7 Å². The standard InChI is InChI=1S/C9H8Br2ClNO/c1-5(10)9(14)13-6-2-3-7(11)8(12)4-6/h2-5H,1H3,(H,13,14). The normalized spacial score (nSPS) is 12.3. The van der Waals surface area contributed by atoms with E-state index in [1.54, 1.807) is 25.1 Å². The highest BCUT2D eigenvalue weighted by molar-refractivity contribution is 9.10. The summed E-state index contributed by atoms with van der Waals surface area (Å²) in [5.41, 5.74) is 0.689. The molecule has 0 radical (unpaired) electrons. The molecule has 1 amide bonds. The molecule has 0 saturated carbocycles. The maximum atomic E-state index is 11.3. The summed E-state index contributed by atoms with van der Waals surface area (Å²) in [4.78, 5) is 11.1. The van der Waals surface area contributed by atoms with Crippen molar-refractivity contribution < 1.29 is 4.79 Å². The van der Waals surface area contributed by atoms with Gasteiger partial charge >= 0.3 is 0 Å². The number of alkyl halides is 1. The lowest BCUT2D eigenvalue weighted by atomic mass is 10.3. The van der Waals surface area contributed by atoms with Crippen LogP contribution in [0.5, 0.6) is 0 Å². The van der Waals surface area contributed by atoms with E-state index in [1.165, 1.54) is 0 Å². The Hall–Kier alpha value is -0.0600. The first-order valence-electron chi connectivity index (χ1n) is 3.90. The van der Waals surface area contributed by atoms with Crippen LogP contribution in [0.3, 0.4) is 0 Å². The summed E-state index contributed by atoms with van der Waals surface area (Å²) in [6.07, 6.45) is 0. The van der Waals surface area contributed by atoms with Crippen LogP contribution in [0.4, 0.5) is 5.69 Å². The van der Waals surface area contributed by atoms with Gasteiger partial charge in [0.2, 0.25) is 5.91 Å². The van der Waals surface area contributed by atoms with Crippen LogP contribution < -0.4 is 5.32 Å². The highest BCUT2D eigenvalue weighted by atomic mass is 79.9. The van der Waals surface area contributed by atoms with Crippen LogP contribution in [0.1, 0.15) is 6.92 Å². The molecule has 0 aliphatic carbocycles. The number of hydrogen-bond acceptors (Lipinski definition) is 1. The van der Waals surface area contributed by atoms with Crippen molar-refractivity contribution in [1.82, 2.24) is 0 Å². The first-order chi connectivity index (χ1) is 6.50. The fourth-order valence-corrected chi connectivity index (χ4v) is 1.36. The molecule has 0 aliphatic rings. The molecule has 1 unspecified atom stereocenters. The van der Waals surface area contributed by atoms with Gasteiger partial charge < -0.3 is 5.32 Å². The Labute approximate surface area is 104 Å². The van der Waals surface area contributed by atoms with E-state index in [9.17, 15) is 4.79 Å². The maximum Gasteiger partial charge on any atom is 0.237 e. The van der Waals surface area contributed by atoms with Crippen molar-refractivity contribution in [3.05, 3.63) is 27.7 Å². The second-order valence-corrected chi connectivity index (χ2v) is 5.37. The van der Waals surface area contributed by atoms with Crippen molar-refractivity contribution >= 4 is 55.1 Å². The first-order valence-corrected chi connectivity index (χ1v) is 5.99. The third-order valence-corrected chi connectivity index (χ3v) is 3.20. The van der Waals surface area contributed by atoms with Gasteiger partial charge in [0.1, 0.15) is 0 Å². The average molecular weight is 341 g/mol. The number of hydrogen-bond donors (Lipinski definition) is 1. The van der Waals surface area contributed by atoms with Crippen LogP contribution in [0.2, 0.25) is 5.02 Å². The molecule has 0 heterocycles. The fraction of sp³-hybridized carbons (Fsp3) is 0.222. The lowest BCUT2D eigenvalue weighted by Crippen LogP contribution is -2.19. The Balaban J connectivity index is 2.78. The number of carbonyl (C=O) groups excluding carboxylic acids is 1. The van der Waals surface area contributed by atoms with Gasteiger partial charge in [-0.2, -0.15) is 0 Å². The zero-order chi connectivity index (χ0) is 10.7. The summed E-state index contributed by atoms with van der Waals surface area (Å²) in [6.45, 7) is 1.76. The lowest BCUT2D eigenvalue weighted by Gasteiger charge is -2.07. The molecule has 14 heavy (non-hydrogen) atoms. The third-order valence-electron chi connectivity index (χ3n) is 1.55. The molecule has 1 N–H and O–H groups in total. The number of carbonyl (C=O) groups is 1. The molecular weight excluding hydrogens is 333 g/mol. The monoisotopic (exact) mass is 339 g/mol. The van der Waals surface area contributed by atoms with Crippen molar-refractivity contribution in [3.8, 4) is 0 Å². The summed E-state index contributed by atoms with van der Waals surface area (Å²) in [7, 11) is 0. The van der Waals surface area contributed by atoms with Crippen LogP contribution in [-0.2, 0) is 4.79 Å². The highest BCUT2D eigenvalue weighted by Gasteiger charge is 2.09. The summed E-state index contributed by atoms with van der Waals surface area (Å²) >= 11 is 12.3. The van der Waals surface area contributed by atoms with E-state index in [1.807, 2.05) is 0 Å². The Morgan fingerprint density at radius 3 is 2.71 bits per heavy atom. The number of rotatable bonds is 2. The Bertz CT molecular complexity index is 355. The Morgan fingerprint density at radius 1 is 1.57 bits per heavy atom. The number of benzene rings is 1. The van der Waals surface area contributed by atoms with Gasteiger partial charge in [0.15, 0.2) is 0 Å². The van der Waals surface area contributed by atoms with Crippen molar-refractivity contribution in [3.63, 3.8) is 0 Å². The highest BCUT2D eigenvalue weighted by Crippen LogP contribution is 2.25. The molecule has 76 valence electrons. The first kappa shape index (κ1) is 12.0. The van der Waals surface area contributed by atoms with E-state index >= 15 is 0 Å². The molecule has 0 fully saturated rings. The summed E-state index contributed by atoms with van der Waals surface area (Å²) in [5, 5.41) is 3.29. The minimum absolute atomic E-state index is 0.0941. The van der Waals surface area contributed by atoms with Gasteiger partial charge in [-0.15, -0.1) is 0 Å². The second kappa shape index (κ2) is 5.14. The fourth-order valence-electron chi connectivity index (χ4n) is 0.816. The number of nitrogens with one attached hydrogen (secondary N) is 1. The SMILES string of the molecule is CC(Br)C(=O)Nc1ccc(Br)c(Cl)c1. The summed E-state index contributed by atoms with van der Waals surface area (Å²) in [5.74, 6) is -0.0941. The van der Waals surface area contributed by atoms with Crippen molar-refractivity contribution in [2.45, 2.75) is 11.8 Å². The second-order valence-electron chi connectivity index (χ2n) is 2.73. The van der Waals surface area contributed by atoms with Crippen molar-refractivity contribution in [2.75, 3.05) is 5.32 Å². The molecule has 0 aromatic heterocycles. The van der Waals surface area contributed by atoms with Gasteiger partial charge in [-0.3, -0.25) is 4.79 Å². The molecule has 1 rings (SSSR count). The molecule has 1 aromatic rings. The van der Waals surface area contributed by atoms with Crippen molar-refractivity contribution in [1.29, 1.82) is 0 Å². The minimum atomic E-state index is -0.218. The van der Waals surface area contributed by atoms with Crippen LogP contribution in [0.25, 0.3) is 0 Å². The van der Waals surface area contributed by atoms with Crippen LogP contribution in [0.15, 0.2) is 22.7 Å².